The van der Waals surface area contributed by atoms with Crippen molar-refractivity contribution in [3.63, 3.8) is 0 Å². The fraction of sp³-hybridized carbons (Fsp3) is 0.407. The first-order chi connectivity index (χ1) is 19.9. The van der Waals surface area contributed by atoms with E-state index in [2.05, 4.69) is 26.7 Å². The summed E-state index contributed by atoms with van der Waals surface area (Å²) in [7, 11) is 1.73. The lowest BCUT2D eigenvalue weighted by Gasteiger charge is -2.34. The van der Waals surface area contributed by atoms with Gasteiger partial charge in [-0.25, -0.2) is 14.2 Å². The second kappa shape index (κ2) is 11.6. The number of aliphatic carboxylic acids is 1. The zero-order valence-corrected chi connectivity index (χ0v) is 22.8. The number of pyridine rings is 1. The molecule has 15 heteroatoms. The number of carboxylic acid groups (broad SMARTS) is 1. The number of halogens is 4. The van der Waals surface area contributed by atoms with Crippen LogP contribution in [-0.4, -0.2) is 81.7 Å². The van der Waals surface area contributed by atoms with E-state index >= 15 is 0 Å². The van der Waals surface area contributed by atoms with Crippen LogP contribution in [0.25, 0.3) is 16.6 Å². The van der Waals surface area contributed by atoms with E-state index in [0.717, 1.165) is 50.1 Å². The number of hydrogen-bond donors (Lipinski definition) is 3. The third-order valence-corrected chi connectivity index (χ3v) is 7.28. The molecule has 1 amide bonds. The third-order valence-electron chi connectivity index (χ3n) is 7.28. The summed E-state index contributed by atoms with van der Waals surface area (Å²) in [6.07, 6.45) is 2.42. The monoisotopic (exact) mass is 591 g/mol. The number of nitrogens with one attached hydrogen (secondary N) is 2. The third kappa shape index (κ3) is 6.01. The van der Waals surface area contributed by atoms with E-state index in [-0.39, 0.29) is 23.7 Å². The number of anilines is 2. The number of imidazole rings is 1. The largest absolute Gasteiger partial charge is 0.490 e. The zero-order chi connectivity index (χ0) is 30.2. The molecule has 1 aromatic carbocycles. The standard InChI is InChI=1S/C25H28FN7O2.C2HF3O2/c1-15-12-32-13-16(9-21(26)24(32)28-15)29-25(34)19-3-4-22(31-7-5-27-6-8-31)20-14-33(30-23(19)20)17-10-18(11-17)35-2;3-2(4,5)1(6)7/h3-4,9,12-14,17-18,27H,5-8,10-11H2,1-2H3,(H,29,34);(H,6,7)/t17-,18+;. The van der Waals surface area contributed by atoms with Crippen molar-refractivity contribution in [3.05, 3.63) is 53.9 Å². The van der Waals surface area contributed by atoms with Gasteiger partial charge in [0.25, 0.3) is 5.91 Å². The Bertz CT molecular complexity index is 1620. The van der Waals surface area contributed by atoms with Crippen molar-refractivity contribution >= 4 is 39.8 Å². The lowest BCUT2D eigenvalue weighted by molar-refractivity contribution is -0.192. The summed E-state index contributed by atoms with van der Waals surface area (Å²) in [4.78, 5) is 28.8. The molecule has 42 heavy (non-hydrogen) atoms. The minimum absolute atomic E-state index is 0.233. The molecule has 11 nitrogen and oxygen atoms in total. The van der Waals surface area contributed by atoms with E-state index < -0.39 is 18.0 Å². The maximum Gasteiger partial charge on any atom is 0.490 e. The molecule has 6 rings (SSSR count). The summed E-state index contributed by atoms with van der Waals surface area (Å²) >= 11 is 0. The van der Waals surface area contributed by atoms with Gasteiger partial charge in [-0.1, -0.05) is 0 Å². The van der Waals surface area contributed by atoms with Crippen LogP contribution in [0.1, 0.15) is 34.9 Å². The second-order valence-electron chi connectivity index (χ2n) is 10.2. The van der Waals surface area contributed by atoms with Crippen LogP contribution in [0.5, 0.6) is 0 Å². The number of fused-ring (bicyclic) bond motifs is 2. The van der Waals surface area contributed by atoms with Crippen molar-refractivity contribution in [1.82, 2.24) is 24.5 Å². The van der Waals surface area contributed by atoms with Crippen LogP contribution in [-0.2, 0) is 9.53 Å². The Kier molecular flexibility index (Phi) is 8.06. The summed E-state index contributed by atoms with van der Waals surface area (Å²) in [5.74, 6) is -3.57. The number of carbonyl (C=O) groups excluding carboxylic acids is 1. The molecule has 1 saturated heterocycles. The molecule has 2 fully saturated rings. The van der Waals surface area contributed by atoms with E-state index in [1.165, 1.54) is 6.07 Å². The smallest absolute Gasteiger partial charge is 0.475 e. The highest BCUT2D eigenvalue weighted by molar-refractivity contribution is 6.14. The van der Waals surface area contributed by atoms with Gasteiger partial charge in [0.15, 0.2) is 11.5 Å². The molecule has 1 aliphatic heterocycles. The summed E-state index contributed by atoms with van der Waals surface area (Å²) in [5, 5.41) is 19.2. The number of hydrogen-bond acceptors (Lipinski definition) is 7. The van der Waals surface area contributed by atoms with Gasteiger partial charge in [0.05, 0.1) is 29.1 Å². The molecule has 4 heterocycles. The minimum atomic E-state index is -5.08. The average Bonchev–Trinajstić information content (AvgIpc) is 3.51. The summed E-state index contributed by atoms with van der Waals surface area (Å²) in [6, 6.07) is 5.36. The Morgan fingerprint density at radius 3 is 2.48 bits per heavy atom. The average molecular weight is 592 g/mol. The minimum Gasteiger partial charge on any atom is -0.475 e. The SMILES string of the molecule is CO[C@H]1C[C@@H](n2cc3c(N4CCNCC4)ccc(C(=O)Nc4cc(F)c5nc(C)cn5c4)c3n2)C1.O=C(O)C(F)(F)F. The maximum atomic E-state index is 14.6. The Morgan fingerprint density at radius 2 is 1.83 bits per heavy atom. The van der Waals surface area contributed by atoms with Crippen molar-refractivity contribution < 1.29 is 37.0 Å². The molecule has 0 radical (unpaired) electrons. The van der Waals surface area contributed by atoms with Gasteiger partial charge in [-0.15, -0.1) is 0 Å². The van der Waals surface area contributed by atoms with Crippen molar-refractivity contribution in [2.75, 3.05) is 43.5 Å². The van der Waals surface area contributed by atoms with Gasteiger partial charge in [0.2, 0.25) is 0 Å². The quantitative estimate of drug-likeness (QED) is 0.300. The molecular weight excluding hydrogens is 562 g/mol. The van der Waals surface area contributed by atoms with Gasteiger partial charge in [-0.2, -0.15) is 18.3 Å². The van der Waals surface area contributed by atoms with Crippen LogP contribution in [0.15, 0.2) is 36.8 Å². The van der Waals surface area contributed by atoms with Crippen LogP contribution in [0.3, 0.4) is 0 Å². The number of ether oxygens (including phenoxy) is 1. The predicted octanol–water partition coefficient (Wildman–Crippen LogP) is 3.78. The van der Waals surface area contributed by atoms with Crippen LogP contribution in [0.2, 0.25) is 0 Å². The van der Waals surface area contributed by atoms with E-state index in [4.69, 9.17) is 19.7 Å². The molecule has 0 unspecified atom stereocenters. The van der Waals surface area contributed by atoms with Crippen LogP contribution >= 0.6 is 0 Å². The number of aromatic nitrogens is 4. The lowest BCUT2D eigenvalue weighted by Crippen LogP contribution is -2.43. The second-order valence-corrected chi connectivity index (χ2v) is 10.2. The van der Waals surface area contributed by atoms with Gasteiger partial charge < -0.3 is 29.8 Å². The van der Waals surface area contributed by atoms with E-state index in [9.17, 15) is 22.4 Å². The maximum absolute atomic E-state index is 14.6. The van der Waals surface area contributed by atoms with Crippen LogP contribution < -0.4 is 15.5 Å². The summed E-state index contributed by atoms with van der Waals surface area (Å²) in [5.41, 5.74) is 3.49. The number of nitrogens with zero attached hydrogens (tertiary/aromatic N) is 5. The van der Waals surface area contributed by atoms with Crippen molar-refractivity contribution in [2.45, 2.75) is 38.1 Å². The van der Waals surface area contributed by atoms with E-state index in [1.54, 1.807) is 30.8 Å². The molecule has 1 aliphatic carbocycles. The lowest BCUT2D eigenvalue weighted by atomic mass is 9.89. The van der Waals surface area contributed by atoms with Gasteiger partial charge in [-0.05, 0) is 31.9 Å². The highest BCUT2D eigenvalue weighted by Crippen LogP contribution is 2.37. The molecule has 0 bridgehead atoms. The highest BCUT2D eigenvalue weighted by Gasteiger charge is 2.38. The molecule has 4 aromatic rings. The molecule has 224 valence electrons. The predicted molar refractivity (Wildman–Crippen MR) is 145 cm³/mol. The van der Waals surface area contributed by atoms with Gasteiger partial charge >= 0.3 is 12.1 Å². The van der Waals surface area contributed by atoms with Crippen molar-refractivity contribution in [1.29, 1.82) is 0 Å². The van der Waals surface area contributed by atoms with Crippen LogP contribution in [0, 0.1) is 12.7 Å². The number of rotatable bonds is 5. The van der Waals surface area contributed by atoms with Gasteiger partial charge in [0, 0.05) is 69.0 Å². The normalized spacial score (nSPS) is 18.9. The Hall–Kier alpha value is -4.24. The van der Waals surface area contributed by atoms with Gasteiger partial charge in [0.1, 0.15) is 5.52 Å². The van der Waals surface area contributed by atoms with E-state index in [1.807, 2.05) is 16.8 Å². The molecule has 0 atom stereocenters. The first kappa shape index (κ1) is 29.3. The Morgan fingerprint density at radius 1 is 1.14 bits per heavy atom. The first-order valence-corrected chi connectivity index (χ1v) is 13.2. The number of alkyl halides is 3. The number of carbonyl (C=O) groups is 2. The summed E-state index contributed by atoms with van der Waals surface area (Å²) in [6.45, 7) is 5.42. The fourth-order valence-corrected chi connectivity index (χ4v) is 5.05. The van der Waals surface area contributed by atoms with E-state index in [0.29, 0.717) is 22.5 Å². The number of carboxylic acids is 1. The molecule has 3 aromatic heterocycles. The Balaban J connectivity index is 0.000000451. The topological polar surface area (TPSA) is 126 Å². The van der Waals surface area contributed by atoms with Crippen molar-refractivity contribution in [2.24, 2.45) is 0 Å². The number of benzene rings is 1. The van der Waals surface area contributed by atoms with Gasteiger partial charge in [-0.3, -0.25) is 9.48 Å². The first-order valence-electron chi connectivity index (χ1n) is 13.2. The number of methoxy groups -OCH3 is 1. The molecular formula is C27H29F4N7O4. The fourth-order valence-electron chi connectivity index (χ4n) is 5.05. The highest BCUT2D eigenvalue weighted by atomic mass is 19.4. The molecule has 1 saturated carbocycles. The zero-order valence-electron chi connectivity index (χ0n) is 22.8. The Labute approximate surface area is 237 Å². The van der Waals surface area contributed by atoms with Crippen LogP contribution in [0.4, 0.5) is 28.9 Å². The molecule has 3 N–H and O–H groups in total. The number of aryl methyl sites for hydroxylation is 1. The summed E-state index contributed by atoms with van der Waals surface area (Å²) < 4.78 is 55.3. The molecule has 0 spiro atoms. The molecule has 2 aliphatic rings. The van der Waals surface area contributed by atoms with Crippen molar-refractivity contribution in [3.8, 4) is 0 Å². The number of amides is 1. The number of piperazine rings is 1.